The Morgan fingerprint density at radius 3 is 2.21 bits per heavy atom. The van der Waals surface area contributed by atoms with Crippen molar-refractivity contribution < 1.29 is 14.4 Å². The molecule has 0 aliphatic rings. The van der Waals surface area contributed by atoms with Crippen LogP contribution in [-0.4, -0.2) is 22.8 Å². The first kappa shape index (κ1) is 21.8. The van der Waals surface area contributed by atoms with Crippen LogP contribution in [0.15, 0.2) is 54.6 Å². The molecule has 0 heterocycles. The van der Waals surface area contributed by atoms with Crippen molar-refractivity contribution in [1.82, 2.24) is 21.5 Å². The highest BCUT2D eigenvalue weighted by molar-refractivity contribution is 14.1. The molecule has 0 spiro atoms. The van der Waals surface area contributed by atoms with Crippen molar-refractivity contribution in [2.24, 2.45) is 0 Å². The van der Waals surface area contributed by atoms with Gasteiger partial charge in [-0.15, -0.1) is 0 Å². The number of hydrogen-bond acceptors (Lipinski definition) is 4. The number of benzene rings is 2. The summed E-state index contributed by atoms with van der Waals surface area (Å²) in [6, 6.07) is 16.5. The first-order valence-electron chi connectivity index (χ1n) is 8.41. The summed E-state index contributed by atoms with van der Waals surface area (Å²) in [5, 5.41) is 5.19. The molecule has 146 valence electrons. The van der Waals surface area contributed by atoms with Gasteiger partial charge in [-0.3, -0.25) is 30.6 Å². The maximum atomic E-state index is 12.1. The largest absolute Gasteiger partial charge is 0.352 e. The minimum absolute atomic E-state index is 0.0131. The van der Waals surface area contributed by atoms with E-state index in [-0.39, 0.29) is 29.8 Å². The van der Waals surface area contributed by atoms with Gasteiger partial charge in [0.05, 0.1) is 5.56 Å². The molecule has 0 atom stereocenters. The van der Waals surface area contributed by atoms with Gasteiger partial charge in [-0.2, -0.15) is 0 Å². The minimum atomic E-state index is -0.416. The highest BCUT2D eigenvalue weighted by Gasteiger charge is 2.12. The zero-order chi connectivity index (χ0) is 20.4. The Hall–Kier alpha value is -2.53. The lowest BCUT2D eigenvalue weighted by atomic mass is 10.2. The van der Waals surface area contributed by atoms with Gasteiger partial charge < -0.3 is 5.32 Å². The lowest BCUT2D eigenvalue weighted by molar-refractivity contribution is -0.126. The van der Waals surface area contributed by atoms with Crippen LogP contribution >= 0.6 is 34.8 Å². The Kier molecular flexibility index (Phi) is 8.82. The topological polar surface area (TPSA) is 99.3 Å². The molecule has 0 bridgehead atoms. The molecular formula is C19H19IN4O3S. The molecular weight excluding hydrogens is 491 g/mol. The summed E-state index contributed by atoms with van der Waals surface area (Å²) < 4.78 is 0.783. The van der Waals surface area contributed by atoms with E-state index in [1.54, 1.807) is 18.2 Å². The predicted octanol–water partition coefficient (Wildman–Crippen LogP) is 2.02. The van der Waals surface area contributed by atoms with E-state index < -0.39 is 5.91 Å². The van der Waals surface area contributed by atoms with Gasteiger partial charge in [-0.1, -0.05) is 42.5 Å². The minimum Gasteiger partial charge on any atom is -0.352 e. The van der Waals surface area contributed by atoms with E-state index in [1.165, 1.54) is 0 Å². The second-order valence-corrected chi connectivity index (χ2v) is 7.27. The van der Waals surface area contributed by atoms with E-state index in [0.29, 0.717) is 12.1 Å². The van der Waals surface area contributed by atoms with Gasteiger partial charge in [0.25, 0.3) is 5.91 Å². The van der Waals surface area contributed by atoms with Crippen molar-refractivity contribution in [3.8, 4) is 0 Å². The fourth-order valence-electron chi connectivity index (χ4n) is 2.15. The molecule has 4 N–H and O–H groups in total. The monoisotopic (exact) mass is 510 g/mol. The summed E-state index contributed by atoms with van der Waals surface area (Å²) in [5.74, 6) is -1.02. The van der Waals surface area contributed by atoms with Crippen LogP contribution in [0.3, 0.4) is 0 Å². The summed E-state index contributed by atoms with van der Waals surface area (Å²) in [7, 11) is 0. The Labute approximate surface area is 181 Å². The number of amides is 3. The second kappa shape index (κ2) is 11.3. The standard InChI is InChI=1S/C19H19IN4O3S/c20-15-9-5-4-8-14(15)18(27)22-19(28)24-23-17(26)11-10-16(25)21-12-13-6-2-1-3-7-13/h1-9H,10-12H2,(H,21,25)(H,23,26)(H2,22,24,27,28). The van der Waals surface area contributed by atoms with E-state index in [1.807, 2.05) is 59.0 Å². The van der Waals surface area contributed by atoms with Crippen molar-refractivity contribution in [2.75, 3.05) is 0 Å². The molecule has 28 heavy (non-hydrogen) atoms. The molecule has 7 nitrogen and oxygen atoms in total. The number of carbonyl (C=O) groups is 3. The Morgan fingerprint density at radius 2 is 1.50 bits per heavy atom. The first-order valence-corrected chi connectivity index (χ1v) is 9.89. The Balaban J connectivity index is 1.65. The third kappa shape index (κ3) is 7.61. The molecule has 2 rings (SSSR count). The van der Waals surface area contributed by atoms with Crippen LogP contribution in [0.4, 0.5) is 0 Å². The molecule has 3 amide bonds. The van der Waals surface area contributed by atoms with E-state index >= 15 is 0 Å². The van der Waals surface area contributed by atoms with Crippen molar-refractivity contribution >= 4 is 57.6 Å². The number of nitrogens with one attached hydrogen (secondary N) is 4. The van der Waals surface area contributed by atoms with Gasteiger partial charge in [-0.25, -0.2) is 0 Å². The second-order valence-electron chi connectivity index (χ2n) is 5.70. The number of rotatable bonds is 6. The lowest BCUT2D eigenvalue weighted by Crippen LogP contribution is -2.48. The van der Waals surface area contributed by atoms with Crippen LogP contribution in [0.5, 0.6) is 0 Å². The molecule has 0 saturated heterocycles. The Bertz CT molecular complexity index is 861. The number of hydrogen-bond donors (Lipinski definition) is 4. The van der Waals surface area contributed by atoms with Crippen LogP contribution in [0.2, 0.25) is 0 Å². The predicted molar refractivity (Wildman–Crippen MR) is 118 cm³/mol. The zero-order valence-electron chi connectivity index (χ0n) is 14.8. The van der Waals surface area contributed by atoms with E-state index in [2.05, 4.69) is 21.5 Å². The third-order valence-electron chi connectivity index (χ3n) is 3.57. The summed E-state index contributed by atoms with van der Waals surface area (Å²) >= 11 is 7.03. The highest BCUT2D eigenvalue weighted by atomic mass is 127. The highest BCUT2D eigenvalue weighted by Crippen LogP contribution is 2.10. The maximum absolute atomic E-state index is 12.1. The quantitative estimate of drug-likeness (QED) is 0.271. The fraction of sp³-hybridized carbons (Fsp3) is 0.158. The van der Waals surface area contributed by atoms with Crippen molar-refractivity contribution in [1.29, 1.82) is 0 Å². The van der Waals surface area contributed by atoms with Crippen LogP contribution in [0.25, 0.3) is 0 Å². The van der Waals surface area contributed by atoms with Crippen molar-refractivity contribution in [2.45, 2.75) is 19.4 Å². The third-order valence-corrected chi connectivity index (χ3v) is 4.72. The van der Waals surface area contributed by atoms with Crippen LogP contribution in [-0.2, 0) is 16.1 Å². The average Bonchev–Trinajstić information content (AvgIpc) is 2.70. The molecule has 2 aromatic carbocycles. The molecule has 9 heteroatoms. The number of carbonyl (C=O) groups excluding carboxylic acids is 3. The molecule has 0 radical (unpaired) electrons. The number of hydrazine groups is 1. The number of thiocarbonyl (C=S) groups is 1. The average molecular weight is 510 g/mol. The zero-order valence-corrected chi connectivity index (χ0v) is 17.8. The SMILES string of the molecule is O=C(CCC(=O)NNC(=S)NC(=O)c1ccccc1I)NCc1ccccc1. The van der Waals surface area contributed by atoms with Gasteiger partial charge in [0.15, 0.2) is 5.11 Å². The first-order chi connectivity index (χ1) is 13.5. The van der Waals surface area contributed by atoms with Crippen molar-refractivity contribution in [3.05, 3.63) is 69.3 Å². The lowest BCUT2D eigenvalue weighted by Gasteiger charge is -2.11. The van der Waals surface area contributed by atoms with E-state index in [0.717, 1.165) is 9.13 Å². The summed E-state index contributed by atoms with van der Waals surface area (Å²) in [5.41, 5.74) is 6.27. The summed E-state index contributed by atoms with van der Waals surface area (Å²) in [4.78, 5) is 35.7. The maximum Gasteiger partial charge on any atom is 0.258 e. The molecule has 0 fully saturated rings. The fourth-order valence-corrected chi connectivity index (χ4v) is 2.92. The molecule has 0 unspecified atom stereocenters. The molecule has 0 aromatic heterocycles. The smallest absolute Gasteiger partial charge is 0.258 e. The molecule has 0 saturated carbocycles. The van der Waals surface area contributed by atoms with Gasteiger partial charge in [0.1, 0.15) is 0 Å². The number of halogens is 1. The Morgan fingerprint density at radius 1 is 0.857 bits per heavy atom. The van der Waals surface area contributed by atoms with Crippen LogP contribution in [0.1, 0.15) is 28.8 Å². The molecule has 2 aromatic rings. The summed E-state index contributed by atoms with van der Waals surface area (Å²) in [6.45, 7) is 0.411. The van der Waals surface area contributed by atoms with Gasteiger partial charge in [0, 0.05) is 23.0 Å². The van der Waals surface area contributed by atoms with Gasteiger partial charge >= 0.3 is 0 Å². The molecule has 0 aliphatic heterocycles. The normalized spacial score (nSPS) is 9.89. The van der Waals surface area contributed by atoms with E-state index in [4.69, 9.17) is 12.2 Å². The van der Waals surface area contributed by atoms with E-state index in [9.17, 15) is 14.4 Å². The van der Waals surface area contributed by atoms with Crippen LogP contribution < -0.4 is 21.5 Å². The van der Waals surface area contributed by atoms with Crippen LogP contribution in [0, 0.1) is 3.57 Å². The van der Waals surface area contributed by atoms with Gasteiger partial charge in [-0.05, 0) is 52.5 Å². The van der Waals surface area contributed by atoms with Gasteiger partial charge in [0.2, 0.25) is 11.8 Å². The molecule has 0 aliphatic carbocycles. The summed E-state index contributed by atoms with van der Waals surface area (Å²) in [6.07, 6.45) is 0.0302. The van der Waals surface area contributed by atoms with Crippen molar-refractivity contribution in [3.63, 3.8) is 0 Å².